The minimum Gasteiger partial charge on any atom is -0.497 e. The number of ether oxygens (including phenoxy) is 1. The van der Waals surface area contributed by atoms with Crippen LogP contribution in [0.3, 0.4) is 0 Å². The zero-order chi connectivity index (χ0) is 23.8. The molecule has 2 N–H and O–H groups in total. The highest BCUT2D eigenvalue weighted by molar-refractivity contribution is 5.97. The zero-order valence-electron chi connectivity index (χ0n) is 19.5. The molecule has 2 aromatic carbocycles. The highest BCUT2D eigenvalue weighted by Crippen LogP contribution is 2.33. The van der Waals surface area contributed by atoms with E-state index in [9.17, 15) is 9.59 Å². The minimum atomic E-state index is -0.565. The van der Waals surface area contributed by atoms with Gasteiger partial charge in [0.2, 0.25) is 0 Å². The van der Waals surface area contributed by atoms with Crippen LogP contribution in [0.1, 0.15) is 37.3 Å². The van der Waals surface area contributed by atoms with Crippen LogP contribution in [0.2, 0.25) is 0 Å². The number of hydrogen-bond acceptors (Lipinski definition) is 6. The topological polar surface area (TPSA) is 101 Å². The van der Waals surface area contributed by atoms with Gasteiger partial charge in [-0.05, 0) is 80.1 Å². The SMILES string of the molecule is COc1ccc2c(c1)c(-c1nc3cc4c(cc3n(OC(C)=O)c1=O)CCCC4)cn2CCCN. The van der Waals surface area contributed by atoms with Crippen LogP contribution in [0.15, 0.2) is 41.3 Å². The number of rotatable bonds is 6. The summed E-state index contributed by atoms with van der Waals surface area (Å²) in [5.74, 6) is 0.116. The van der Waals surface area contributed by atoms with E-state index in [-0.39, 0.29) is 5.69 Å². The van der Waals surface area contributed by atoms with Crippen LogP contribution >= 0.6 is 0 Å². The molecule has 0 atom stereocenters. The lowest BCUT2D eigenvalue weighted by Gasteiger charge is -2.18. The highest BCUT2D eigenvalue weighted by atomic mass is 16.7. The van der Waals surface area contributed by atoms with Crippen LogP contribution in [-0.2, 0) is 24.2 Å². The van der Waals surface area contributed by atoms with E-state index < -0.39 is 11.5 Å². The summed E-state index contributed by atoms with van der Waals surface area (Å²) in [7, 11) is 1.61. The standard InChI is InChI=1S/C26H28N4O4/c1-16(31)34-30-24-13-18-7-4-3-6-17(18)12-22(24)28-25(26(30)32)21-15-29(11-5-10-27)23-9-8-19(33-2)14-20(21)23/h8-9,12-15H,3-7,10-11,27H2,1-2H3. The van der Waals surface area contributed by atoms with Gasteiger partial charge in [-0.15, -0.1) is 4.73 Å². The molecule has 0 aliphatic heterocycles. The molecule has 8 nitrogen and oxygen atoms in total. The third-order valence-electron chi connectivity index (χ3n) is 6.44. The van der Waals surface area contributed by atoms with Crippen LogP contribution in [-0.4, -0.2) is 33.9 Å². The first kappa shape index (κ1) is 22.2. The van der Waals surface area contributed by atoms with Gasteiger partial charge in [0.1, 0.15) is 17.0 Å². The number of aryl methyl sites for hydroxylation is 3. The number of carbonyl (C=O) groups is 1. The second-order valence-corrected chi connectivity index (χ2v) is 8.72. The van der Waals surface area contributed by atoms with Crippen molar-refractivity contribution in [3.63, 3.8) is 0 Å². The molecule has 34 heavy (non-hydrogen) atoms. The van der Waals surface area contributed by atoms with Gasteiger partial charge in [-0.2, -0.15) is 0 Å². The maximum absolute atomic E-state index is 13.7. The molecule has 0 radical (unpaired) electrons. The first-order valence-electron chi connectivity index (χ1n) is 11.6. The van der Waals surface area contributed by atoms with E-state index in [2.05, 4.69) is 4.57 Å². The summed E-state index contributed by atoms with van der Waals surface area (Å²) < 4.78 is 8.61. The predicted octanol–water partition coefficient (Wildman–Crippen LogP) is 3.23. The number of methoxy groups -OCH3 is 1. The average molecular weight is 461 g/mol. The molecule has 1 aliphatic rings. The third kappa shape index (κ3) is 3.84. The summed E-state index contributed by atoms with van der Waals surface area (Å²) in [5.41, 5.74) is 10.7. The van der Waals surface area contributed by atoms with Crippen LogP contribution in [0, 0.1) is 0 Å². The molecule has 0 fully saturated rings. The number of hydrogen-bond donors (Lipinski definition) is 1. The van der Waals surface area contributed by atoms with E-state index >= 15 is 0 Å². The largest absolute Gasteiger partial charge is 0.497 e. The van der Waals surface area contributed by atoms with Crippen molar-refractivity contribution in [1.82, 2.24) is 14.3 Å². The Bertz CT molecular complexity index is 1470. The molecule has 2 aromatic heterocycles. The fourth-order valence-electron chi connectivity index (χ4n) is 4.82. The van der Waals surface area contributed by atoms with Crippen LogP contribution in [0.4, 0.5) is 0 Å². The summed E-state index contributed by atoms with van der Waals surface area (Å²) in [5, 5.41) is 0.840. The predicted molar refractivity (Wildman–Crippen MR) is 131 cm³/mol. The van der Waals surface area contributed by atoms with Gasteiger partial charge >= 0.3 is 11.5 Å². The molecule has 2 heterocycles. The van der Waals surface area contributed by atoms with E-state index in [1.54, 1.807) is 7.11 Å². The Kier molecular flexibility index (Phi) is 5.83. The van der Waals surface area contributed by atoms with Crippen molar-refractivity contribution in [2.75, 3.05) is 13.7 Å². The number of fused-ring (bicyclic) bond motifs is 3. The van der Waals surface area contributed by atoms with Crippen LogP contribution in [0.25, 0.3) is 33.2 Å². The van der Waals surface area contributed by atoms with Gasteiger partial charge in [-0.1, -0.05) is 0 Å². The molecule has 8 heteroatoms. The summed E-state index contributed by atoms with van der Waals surface area (Å²) in [4.78, 5) is 35.8. The Balaban J connectivity index is 1.80. The smallest absolute Gasteiger partial charge is 0.330 e. The number of nitrogens with two attached hydrogens (primary N) is 1. The summed E-state index contributed by atoms with van der Waals surface area (Å²) in [6.07, 6.45) is 6.87. The maximum Gasteiger partial charge on any atom is 0.330 e. The number of nitrogens with zero attached hydrogens (tertiary/aromatic N) is 3. The normalized spacial score (nSPS) is 13.3. The maximum atomic E-state index is 13.7. The first-order valence-corrected chi connectivity index (χ1v) is 11.6. The Hall–Kier alpha value is -3.65. The summed E-state index contributed by atoms with van der Waals surface area (Å²) in [6, 6.07) is 9.73. The van der Waals surface area contributed by atoms with Crippen molar-refractivity contribution in [2.24, 2.45) is 5.73 Å². The van der Waals surface area contributed by atoms with Crippen molar-refractivity contribution in [3.8, 4) is 17.0 Å². The van der Waals surface area contributed by atoms with E-state index in [0.717, 1.165) is 47.7 Å². The molecular formula is C26H28N4O4. The average Bonchev–Trinajstić information content (AvgIpc) is 3.20. The van der Waals surface area contributed by atoms with E-state index in [0.29, 0.717) is 35.4 Å². The second-order valence-electron chi connectivity index (χ2n) is 8.72. The Morgan fingerprint density at radius 2 is 1.88 bits per heavy atom. The molecule has 176 valence electrons. The molecular weight excluding hydrogens is 432 g/mol. The van der Waals surface area contributed by atoms with Gasteiger partial charge < -0.3 is 19.9 Å². The van der Waals surface area contributed by atoms with Crippen molar-refractivity contribution in [1.29, 1.82) is 0 Å². The molecule has 0 spiro atoms. The van der Waals surface area contributed by atoms with Crippen LogP contribution in [0.5, 0.6) is 5.75 Å². The zero-order valence-corrected chi connectivity index (χ0v) is 19.5. The van der Waals surface area contributed by atoms with Gasteiger partial charge in [0.25, 0.3) is 0 Å². The quantitative estimate of drug-likeness (QED) is 0.474. The van der Waals surface area contributed by atoms with Crippen molar-refractivity contribution in [3.05, 3.63) is 58.0 Å². The van der Waals surface area contributed by atoms with Gasteiger partial charge in [-0.25, -0.2) is 9.78 Å². The summed E-state index contributed by atoms with van der Waals surface area (Å²) >= 11 is 0. The number of aromatic nitrogens is 3. The third-order valence-corrected chi connectivity index (χ3v) is 6.44. The van der Waals surface area contributed by atoms with Crippen LogP contribution < -0.4 is 20.9 Å². The van der Waals surface area contributed by atoms with Crippen molar-refractivity contribution >= 4 is 27.9 Å². The Morgan fingerprint density at radius 3 is 2.59 bits per heavy atom. The lowest BCUT2D eigenvalue weighted by Crippen LogP contribution is -2.32. The van der Waals surface area contributed by atoms with E-state index in [1.807, 2.05) is 36.5 Å². The molecule has 0 unspecified atom stereocenters. The molecule has 1 aliphatic carbocycles. The van der Waals surface area contributed by atoms with E-state index in [4.69, 9.17) is 20.3 Å². The molecule has 5 rings (SSSR count). The first-order chi connectivity index (χ1) is 16.5. The van der Waals surface area contributed by atoms with Gasteiger partial charge in [0.05, 0.1) is 12.6 Å². The lowest BCUT2D eigenvalue weighted by atomic mass is 9.91. The number of carbonyl (C=O) groups excluding carboxylic acids is 1. The monoisotopic (exact) mass is 460 g/mol. The Morgan fingerprint density at radius 1 is 1.12 bits per heavy atom. The number of benzene rings is 2. The molecule has 4 aromatic rings. The molecule has 0 amide bonds. The van der Waals surface area contributed by atoms with Gasteiger partial charge in [0, 0.05) is 36.1 Å². The van der Waals surface area contributed by atoms with Gasteiger partial charge in [-0.3, -0.25) is 4.79 Å². The van der Waals surface area contributed by atoms with Crippen molar-refractivity contribution in [2.45, 2.75) is 45.6 Å². The van der Waals surface area contributed by atoms with E-state index in [1.165, 1.54) is 18.1 Å². The van der Waals surface area contributed by atoms with Gasteiger partial charge in [0.15, 0.2) is 0 Å². The second kappa shape index (κ2) is 8.95. The molecule has 0 bridgehead atoms. The fourth-order valence-corrected chi connectivity index (χ4v) is 4.82. The Labute approximate surface area is 196 Å². The highest BCUT2D eigenvalue weighted by Gasteiger charge is 2.22. The molecule has 0 saturated heterocycles. The fraction of sp³-hybridized carbons (Fsp3) is 0.346. The lowest BCUT2D eigenvalue weighted by molar-refractivity contribution is -0.141. The minimum absolute atomic E-state index is 0.231. The van der Waals surface area contributed by atoms with Crippen molar-refractivity contribution < 1.29 is 14.4 Å². The molecule has 0 saturated carbocycles. The summed E-state index contributed by atoms with van der Waals surface area (Å²) in [6.45, 7) is 2.56.